The Morgan fingerprint density at radius 2 is 2.20 bits per heavy atom. The summed E-state index contributed by atoms with van der Waals surface area (Å²) in [6, 6.07) is 10.3. The molecular weight excluding hydrogens is 376 g/mol. The molecule has 0 amide bonds. The summed E-state index contributed by atoms with van der Waals surface area (Å²) in [6.45, 7) is 1.66. The number of rotatable bonds is 6. The molecule has 4 rings (SSSR count). The standard InChI is InChI=1S/C17H17ClN4OS2/c18-16-14(20-21-25-16)11-24-17-19-9-15(12-5-2-1-3-6-12)22(17)10-13-7-4-8-23-13/h1-3,5-6,9,13H,4,7-8,10-11H2. The first-order valence-corrected chi connectivity index (χ1v) is 10.3. The Balaban J connectivity index is 1.61. The minimum Gasteiger partial charge on any atom is -0.376 e. The molecule has 0 spiro atoms. The molecule has 25 heavy (non-hydrogen) atoms. The van der Waals surface area contributed by atoms with Gasteiger partial charge in [0.1, 0.15) is 10.0 Å². The van der Waals surface area contributed by atoms with Gasteiger partial charge >= 0.3 is 0 Å². The Hall–Kier alpha value is -1.41. The van der Waals surface area contributed by atoms with Gasteiger partial charge < -0.3 is 9.30 Å². The van der Waals surface area contributed by atoms with E-state index in [1.165, 1.54) is 11.5 Å². The number of thioether (sulfide) groups is 1. The van der Waals surface area contributed by atoms with E-state index in [1.807, 2.05) is 24.4 Å². The van der Waals surface area contributed by atoms with Gasteiger partial charge in [-0.15, -0.1) is 5.10 Å². The number of nitrogens with zero attached hydrogens (tertiary/aromatic N) is 4. The Labute approximate surface area is 159 Å². The fraction of sp³-hybridized carbons (Fsp3) is 0.353. The molecular formula is C17H17ClN4OS2. The fourth-order valence-corrected chi connectivity index (χ4v) is 4.62. The highest BCUT2D eigenvalue weighted by Gasteiger charge is 2.21. The number of hydrogen-bond acceptors (Lipinski definition) is 6. The van der Waals surface area contributed by atoms with E-state index in [0.29, 0.717) is 10.1 Å². The Bertz CT molecular complexity index is 830. The molecule has 3 heterocycles. The largest absolute Gasteiger partial charge is 0.376 e. The second-order valence-corrected chi connectivity index (χ2v) is 8.12. The zero-order valence-corrected chi connectivity index (χ0v) is 15.9. The zero-order valence-electron chi connectivity index (χ0n) is 13.5. The molecule has 5 nitrogen and oxygen atoms in total. The number of hydrogen-bond donors (Lipinski definition) is 0. The van der Waals surface area contributed by atoms with E-state index in [1.54, 1.807) is 11.8 Å². The van der Waals surface area contributed by atoms with Crippen molar-refractivity contribution in [3.8, 4) is 11.3 Å². The lowest BCUT2D eigenvalue weighted by atomic mass is 10.1. The average Bonchev–Trinajstić information content (AvgIpc) is 3.37. The first-order chi connectivity index (χ1) is 12.3. The van der Waals surface area contributed by atoms with Crippen LogP contribution in [0.4, 0.5) is 0 Å². The number of benzene rings is 1. The molecule has 0 radical (unpaired) electrons. The summed E-state index contributed by atoms with van der Waals surface area (Å²) in [7, 11) is 0. The van der Waals surface area contributed by atoms with Gasteiger partial charge in [-0.2, -0.15) is 0 Å². The van der Waals surface area contributed by atoms with Crippen molar-refractivity contribution in [1.29, 1.82) is 0 Å². The fourth-order valence-electron chi connectivity index (χ4n) is 2.90. The van der Waals surface area contributed by atoms with Gasteiger partial charge in [0.2, 0.25) is 0 Å². The highest BCUT2D eigenvalue weighted by molar-refractivity contribution is 7.98. The minimum absolute atomic E-state index is 0.250. The smallest absolute Gasteiger partial charge is 0.168 e. The Morgan fingerprint density at radius 3 is 2.92 bits per heavy atom. The van der Waals surface area contributed by atoms with Crippen LogP contribution in [0.25, 0.3) is 11.3 Å². The van der Waals surface area contributed by atoms with Crippen molar-refractivity contribution >= 4 is 34.9 Å². The lowest BCUT2D eigenvalue weighted by Gasteiger charge is -2.16. The quantitative estimate of drug-likeness (QED) is 0.577. The van der Waals surface area contributed by atoms with Crippen LogP contribution in [-0.2, 0) is 17.0 Å². The molecule has 0 bridgehead atoms. The van der Waals surface area contributed by atoms with Crippen LogP contribution in [0.1, 0.15) is 18.5 Å². The van der Waals surface area contributed by atoms with Gasteiger partial charge in [0, 0.05) is 23.9 Å². The van der Waals surface area contributed by atoms with Crippen LogP contribution < -0.4 is 0 Å². The highest BCUT2D eigenvalue weighted by atomic mass is 35.5. The van der Waals surface area contributed by atoms with Gasteiger partial charge in [0.25, 0.3) is 0 Å². The molecule has 1 aromatic carbocycles. The molecule has 8 heteroatoms. The molecule has 1 saturated heterocycles. The van der Waals surface area contributed by atoms with E-state index in [4.69, 9.17) is 16.3 Å². The molecule has 1 fully saturated rings. The average molecular weight is 393 g/mol. The van der Waals surface area contributed by atoms with Crippen molar-refractivity contribution < 1.29 is 4.74 Å². The lowest BCUT2D eigenvalue weighted by molar-refractivity contribution is 0.0954. The van der Waals surface area contributed by atoms with Gasteiger partial charge in [0.15, 0.2) is 5.16 Å². The molecule has 130 valence electrons. The van der Waals surface area contributed by atoms with Crippen molar-refractivity contribution in [3.05, 3.63) is 46.6 Å². The predicted octanol–water partition coefficient (Wildman–Crippen LogP) is 4.53. The maximum absolute atomic E-state index is 6.12. The predicted molar refractivity (Wildman–Crippen MR) is 101 cm³/mol. The molecule has 0 saturated carbocycles. The van der Waals surface area contributed by atoms with Gasteiger partial charge in [-0.05, 0) is 18.4 Å². The van der Waals surface area contributed by atoms with Crippen LogP contribution in [0.15, 0.2) is 41.7 Å². The van der Waals surface area contributed by atoms with E-state index < -0.39 is 0 Å². The van der Waals surface area contributed by atoms with Crippen molar-refractivity contribution in [2.75, 3.05) is 6.61 Å². The van der Waals surface area contributed by atoms with Crippen LogP contribution in [0.5, 0.6) is 0 Å². The van der Waals surface area contributed by atoms with Crippen LogP contribution in [0.3, 0.4) is 0 Å². The topological polar surface area (TPSA) is 52.8 Å². The van der Waals surface area contributed by atoms with Crippen molar-refractivity contribution in [3.63, 3.8) is 0 Å². The Morgan fingerprint density at radius 1 is 1.32 bits per heavy atom. The molecule has 0 N–H and O–H groups in total. The Kier molecular flexibility index (Phi) is 5.36. The van der Waals surface area contributed by atoms with Gasteiger partial charge in [-0.1, -0.05) is 58.2 Å². The van der Waals surface area contributed by atoms with Crippen molar-refractivity contribution in [2.24, 2.45) is 0 Å². The van der Waals surface area contributed by atoms with Crippen LogP contribution in [-0.4, -0.2) is 31.8 Å². The second-order valence-electron chi connectivity index (χ2n) is 5.82. The molecule has 1 atom stereocenters. The van der Waals surface area contributed by atoms with Gasteiger partial charge in [-0.3, -0.25) is 0 Å². The maximum Gasteiger partial charge on any atom is 0.168 e. The molecule has 3 aromatic rings. The second kappa shape index (κ2) is 7.86. The first-order valence-electron chi connectivity index (χ1n) is 8.13. The molecule has 2 aromatic heterocycles. The highest BCUT2D eigenvalue weighted by Crippen LogP contribution is 2.31. The molecule has 1 aliphatic heterocycles. The van der Waals surface area contributed by atoms with E-state index in [-0.39, 0.29) is 6.10 Å². The SMILES string of the molecule is Clc1snnc1CSc1ncc(-c2ccccc2)n1CC1CCCO1. The third-order valence-electron chi connectivity index (χ3n) is 4.15. The van der Waals surface area contributed by atoms with Crippen molar-refractivity contribution in [2.45, 2.75) is 36.4 Å². The number of aromatic nitrogens is 4. The van der Waals surface area contributed by atoms with E-state index in [9.17, 15) is 0 Å². The zero-order chi connectivity index (χ0) is 17.1. The van der Waals surface area contributed by atoms with Crippen LogP contribution in [0, 0.1) is 0 Å². The summed E-state index contributed by atoms with van der Waals surface area (Å²) in [5.41, 5.74) is 3.08. The summed E-state index contributed by atoms with van der Waals surface area (Å²) in [5, 5.41) is 5.04. The van der Waals surface area contributed by atoms with E-state index in [0.717, 1.165) is 48.1 Å². The third-order valence-corrected chi connectivity index (χ3v) is 6.13. The van der Waals surface area contributed by atoms with Crippen LogP contribution >= 0.6 is 34.9 Å². The van der Waals surface area contributed by atoms with E-state index >= 15 is 0 Å². The molecule has 1 unspecified atom stereocenters. The maximum atomic E-state index is 6.12. The summed E-state index contributed by atoms with van der Waals surface area (Å²) >= 11 is 8.97. The monoisotopic (exact) mass is 392 g/mol. The molecule has 0 aliphatic carbocycles. The number of imidazole rings is 1. The van der Waals surface area contributed by atoms with Gasteiger partial charge in [0.05, 0.1) is 24.5 Å². The first kappa shape index (κ1) is 17.0. The summed E-state index contributed by atoms with van der Waals surface area (Å²) in [5.74, 6) is 0.659. The summed E-state index contributed by atoms with van der Waals surface area (Å²) in [4.78, 5) is 4.65. The van der Waals surface area contributed by atoms with Crippen LogP contribution in [0.2, 0.25) is 4.34 Å². The van der Waals surface area contributed by atoms with E-state index in [2.05, 4.69) is 31.3 Å². The summed E-state index contributed by atoms with van der Waals surface area (Å²) in [6.07, 6.45) is 4.41. The lowest BCUT2D eigenvalue weighted by Crippen LogP contribution is -2.16. The molecule has 1 aliphatic rings. The van der Waals surface area contributed by atoms with Crippen molar-refractivity contribution in [1.82, 2.24) is 19.1 Å². The number of ether oxygens (including phenoxy) is 1. The number of halogens is 1. The van der Waals surface area contributed by atoms with Gasteiger partial charge in [-0.25, -0.2) is 4.98 Å². The minimum atomic E-state index is 0.250. The summed E-state index contributed by atoms with van der Waals surface area (Å²) < 4.78 is 12.6. The normalized spacial score (nSPS) is 17.2. The third kappa shape index (κ3) is 3.89.